The van der Waals surface area contributed by atoms with Crippen LogP contribution in [0.3, 0.4) is 0 Å². The maximum absolute atomic E-state index is 12.9. The summed E-state index contributed by atoms with van der Waals surface area (Å²) in [6.07, 6.45) is 0.580. The Morgan fingerprint density at radius 2 is 1.86 bits per heavy atom. The van der Waals surface area contributed by atoms with E-state index in [0.29, 0.717) is 19.5 Å². The van der Waals surface area contributed by atoms with Gasteiger partial charge in [0.25, 0.3) is 0 Å². The molecule has 0 saturated heterocycles. The number of likely N-dealkylation sites (N-methyl/N-ethyl adjacent to an activating group) is 1. The molecule has 114 valence electrons. The van der Waals surface area contributed by atoms with E-state index in [9.17, 15) is 9.59 Å². The molecule has 0 radical (unpaired) electrons. The molecule has 1 aromatic carbocycles. The Kier molecular flexibility index (Phi) is 4.32. The first-order valence-electron chi connectivity index (χ1n) is 7.38. The van der Waals surface area contributed by atoms with Gasteiger partial charge >= 0.3 is 0 Å². The van der Waals surface area contributed by atoms with Gasteiger partial charge in [-0.25, -0.2) is 0 Å². The van der Waals surface area contributed by atoms with Crippen LogP contribution in [0, 0.1) is 5.92 Å². The Balaban J connectivity index is 2.39. The van der Waals surface area contributed by atoms with E-state index < -0.39 is 17.4 Å². The Hall–Kier alpha value is -1.88. The molecular weight excluding hydrogens is 266 g/mol. The molecule has 3 atom stereocenters. The first-order valence-corrected chi connectivity index (χ1v) is 7.38. The SMILES string of the molecule is CCN(CC)C(=O)[C@@]1(c2ccccc2)C[C@H]1C(N)C(N)=O. The summed E-state index contributed by atoms with van der Waals surface area (Å²) in [5.74, 6) is -0.726. The van der Waals surface area contributed by atoms with Gasteiger partial charge in [-0.3, -0.25) is 9.59 Å². The van der Waals surface area contributed by atoms with Gasteiger partial charge in [-0.1, -0.05) is 30.3 Å². The number of carbonyl (C=O) groups excluding carboxylic acids is 2. The Bertz CT molecular complexity index is 528. The van der Waals surface area contributed by atoms with Crippen LogP contribution in [-0.4, -0.2) is 35.8 Å². The van der Waals surface area contributed by atoms with Crippen molar-refractivity contribution in [1.29, 1.82) is 0 Å². The summed E-state index contributed by atoms with van der Waals surface area (Å²) in [7, 11) is 0. The van der Waals surface area contributed by atoms with Gasteiger partial charge in [0.2, 0.25) is 11.8 Å². The van der Waals surface area contributed by atoms with Gasteiger partial charge in [-0.2, -0.15) is 0 Å². The number of hydrogen-bond donors (Lipinski definition) is 2. The van der Waals surface area contributed by atoms with Crippen molar-refractivity contribution < 1.29 is 9.59 Å². The Morgan fingerprint density at radius 3 is 2.33 bits per heavy atom. The van der Waals surface area contributed by atoms with Crippen molar-refractivity contribution in [3.63, 3.8) is 0 Å². The first-order chi connectivity index (χ1) is 9.98. The van der Waals surface area contributed by atoms with Crippen LogP contribution >= 0.6 is 0 Å². The van der Waals surface area contributed by atoms with Crippen molar-refractivity contribution in [3.05, 3.63) is 35.9 Å². The van der Waals surface area contributed by atoms with E-state index in [0.717, 1.165) is 5.56 Å². The van der Waals surface area contributed by atoms with Gasteiger partial charge < -0.3 is 16.4 Å². The van der Waals surface area contributed by atoms with E-state index in [4.69, 9.17) is 11.5 Å². The highest BCUT2D eigenvalue weighted by Crippen LogP contribution is 2.56. The highest BCUT2D eigenvalue weighted by Gasteiger charge is 2.64. The third-order valence-electron chi connectivity index (χ3n) is 4.50. The molecule has 0 aliphatic heterocycles. The minimum atomic E-state index is -0.787. The first kappa shape index (κ1) is 15.5. The van der Waals surface area contributed by atoms with E-state index in [1.165, 1.54) is 0 Å². The van der Waals surface area contributed by atoms with Crippen LogP contribution < -0.4 is 11.5 Å². The second-order valence-corrected chi connectivity index (χ2v) is 5.55. The van der Waals surface area contributed by atoms with Crippen molar-refractivity contribution >= 4 is 11.8 Å². The minimum Gasteiger partial charge on any atom is -0.368 e. The largest absolute Gasteiger partial charge is 0.368 e. The van der Waals surface area contributed by atoms with Crippen LogP contribution in [0.25, 0.3) is 0 Å². The maximum atomic E-state index is 12.9. The van der Waals surface area contributed by atoms with Crippen LogP contribution in [0.1, 0.15) is 25.8 Å². The summed E-state index contributed by atoms with van der Waals surface area (Å²) < 4.78 is 0. The number of rotatable bonds is 6. The van der Waals surface area contributed by atoms with Gasteiger partial charge in [-0.05, 0) is 25.8 Å². The Labute approximate surface area is 125 Å². The average molecular weight is 289 g/mol. The maximum Gasteiger partial charge on any atom is 0.234 e. The molecule has 5 nitrogen and oxygen atoms in total. The number of benzene rings is 1. The molecule has 2 rings (SSSR count). The zero-order chi connectivity index (χ0) is 15.6. The number of carbonyl (C=O) groups is 2. The van der Waals surface area contributed by atoms with Crippen molar-refractivity contribution in [2.45, 2.75) is 31.7 Å². The molecule has 2 amide bonds. The molecule has 1 aliphatic rings. The summed E-state index contributed by atoms with van der Waals surface area (Å²) in [6, 6.07) is 8.77. The second-order valence-electron chi connectivity index (χ2n) is 5.55. The van der Waals surface area contributed by atoms with Crippen LogP contribution in [0.15, 0.2) is 30.3 Å². The summed E-state index contributed by atoms with van der Waals surface area (Å²) in [4.78, 5) is 26.1. The van der Waals surface area contributed by atoms with E-state index in [2.05, 4.69) is 0 Å². The predicted molar refractivity (Wildman–Crippen MR) is 81.3 cm³/mol. The Morgan fingerprint density at radius 1 is 1.29 bits per heavy atom. The van der Waals surface area contributed by atoms with E-state index in [1.54, 1.807) is 4.90 Å². The quantitative estimate of drug-likeness (QED) is 0.804. The fourth-order valence-electron chi connectivity index (χ4n) is 3.15. The van der Waals surface area contributed by atoms with Crippen LogP contribution in [0.2, 0.25) is 0 Å². The molecule has 1 unspecified atom stereocenters. The summed E-state index contributed by atoms with van der Waals surface area (Å²) >= 11 is 0. The zero-order valence-electron chi connectivity index (χ0n) is 12.6. The molecule has 0 aromatic heterocycles. The van der Waals surface area contributed by atoms with Gasteiger partial charge in [0.1, 0.15) is 0 Å². The summed E-state index contributed by atoms with van der Waals surface area (Å²) in [5, 5.41) is 0. The highest BCUT2D eigenvalue weighted by molar-refractivity contribution is 5.94. The van der Waals surface area contributed by atoms with Crippen molar-refractivity contribution in [3.8, 4) is 0 Å². The molecule has 1 fully saturated rings. The summed E-state index contributed by atoms with van der Waals surface area (Å²) in [6.45, 7) is 5.18. The summed E-state index contributed by atoms with van der Waals surface area (Å²) in [5.41, 5.74) is 11.5. The van der Waals surface area contributed by atoms with E-state index >= 15 is 0 Å². The zero-order valence-corrected chi connectivity index (χ0v) is 12.6. The van der Waals surface area contributed by atoms with Crippen LogP contribution in [0.4, 0.5) is 0 Å². The van der Waals surface area contributed by atoms with Gasteiger partial charge in [-0.15, -0.1) is 0 Å². The van der Waals surface area contributed by atoms with Crippen molar-refractivity contribution in [2.24, 2.45) is 17.4 Å². The molecule has 0 spiro atoms. The van der Waals surface area contributed by atoms with Crippen LogP contribution in [0.5, 0.6) is 0 Å². The van der Waals surface area contributed by atoms with Gasteiger partial charge in [0.05, 0.1) is 11.5 Å². The van der Waals surface area contributed by atoms with Crippen molar-refractivity contribution in [2.75, 3.05) is 13.1 Å². The van der Waals surface area contributed by atoms with Crippen LogP contribution in [-0.2, 0) is 15.0 Å². The lowest BCUT2D eigenvalue weighted by Crippen LogP contribution is -2.45. The minimum absolute atomic E-state index is 0.0420. The number of amides is 2. The molecular formula is C16H23N3O2. The molecule has 1 aromatic rings. The fraction of sp³-hybridized carbons (Fsp3) is 0.500. The van der Waals surface area contributed by atoms with E-state index in [1.807, 2.05) is 44.2 Å². The normalized spacial score (nSPS) is 25.2. The number of hydrogen-bond acceptors (Lipinski definition) is 3. The average Bonchev–Trinajstić information content (AvgIpc) is 3.25. The second kappa shape index (κ2) is 5.85. The molecule has 21 heavy (non-hydrogen) atoms. The molecule has 1 saturated carbocycles. The molecule has 5 heteroatoms. The molecule has 4 N–H and O–H groups in total. The third kappa shape index (κ3) is 2.53. The third-order valence-corrected chi connectivity index (χ3v) is 4.50. The number of nitrogens with two attached hydrogens (primary N) is 2. The highest BCUT2D eigenvalue weighted by atomic mass is 16.2. The van der Waals surface area contributed by atoms with Gasteiger partial charge in [0, 0.05) is 19.0 Å². The lowest BCUT2D eigenvalue weighted by atomic mass is 9.89. The lowest BCUT2D eigenvalue weighted by molar-refractivity contribution is -0.134. The smallest absolute Gasteiger partial charge is 0.234 e. The predicted octanol–water partition coefficient (Wildman–Crippen LogP) is 0.625. The molecule has 0 heterocycles. The lowest BCUT2D eigenvalue weighted by Gasteiger charge is -2.27. The number of nitrogens with zero attached hydrogens (tertiary/aromatic N) is 1. The molecule has 1 aliphatic carbocycles. The molecule has 0 bridgehead atoms. The standard InChI is InChI=1S/C16H23N3O2/c1-3-19(4-2)15(21)16(11-8-6-5-7-9-11)10-12(16)13(17)14(18)20/h5-9,12-13H,3-4,10,17H2,1-2H3,(H2,18,20)/t12-,13?,16+/m0/s1. The van der Waals surface area contributed by atoms with Crippen molar-refractivity contribution in [1.82, 2.24) is 4.90 Å². The van der Waals surface area contributed by atoms with E-state index in [-0.39, 0.29) is 11.8 Å². The van der Waals surface area contributed by atoms with Gasteiger partial charge in [0.15, 0.2) is 0 Å². The number of primary amides is 1. The monoisotopic (exact) mass is 289 g/mol. The topological polar surface area (TPSA) is 89.4 Å². The fourth-order valence-corrected chi connectivity index (χ4v) is 3.15.